The first-order chi connectivity index (χ1) is 7.40. The molecule has 0 saturated heterocycles. The lowest BCUT2D eigenvalue weighted by Gasteiger charge is -2.30. The second kappa shape index (κ2) is 5.56. The SMILES string of the molecule is CCNC1CCCCC1Sc1ncco1. The van der Waals surface area contributed by atoms with Gasteiger partial charge in [-0.25, -0.2) is 4.98 Å². The Bertz CT molecular complexity index is 274. The van der Waals surface area contributed by atoms with Crippen molar-refractivity contribution in [2.75, 3.05) is 6.54 Å². The molecule has 1 aliphatic rings. The third-order valence-electron chi connectivity index (χ3n) is 2.83. The quantitative estimate of drug-likeness (QED) is 0.856. The zero-order valence-electron chi connectivity index (χ0n) is 9.11. The molecule has 4 heteroatoms. The maximum absolute atomic E-state index is 5.29. The number of aromatic nitrogens is 1. The van der Waals surface area contributed by atoms with Crippen LogP contribution in [0.2, 0.25) is 0 Å². The number of rotatable bonds is 4. The summed E-state index contributed by atoms with van der Waals surface area (Å²) in [6.07, 6.45) is 8.60. The zero-order chi connectivity index (χ0) is 10.5. The molecule has 1 aliphatic carbocycles. The van der Waals surface area contributed by atoms with Crippen molar-refractivity contribution in [3.05, 3.63) is 12.5 Å². The van der Waals surface area contributed by atoms with Crippen molar-refractivity contribution in [1.29, 1.82) is 0 Å². The zero-order valence-corrected chi connectivity index (χ0v) is 9.93. The molecule has 0 bridgehead atoms. The summed E-state index contributed by atoms with van der Waals surface area (Å²) < 4.78 is 5.29. The number of oxazole rings is 1. The molecular weight excluding hydrogens is 208 g/mol. The molecule has 0 aliphatic heterocycles. The van der Waals surface area contributed by atoms with Gasteiger partial charge in [0.2, 0.25) is 0 Å². The largest absolute Gasteiger partial charge is 0.440 e. The van der Waals surface area contributed by atoms with E-state index in [1.165, 1.54) is 25.7 Å². The summed E-state index contributed by atoms with van der Waals surface area (Å²) in [6, 6.07) is 0.626. The Labute approximate surface area is 95.0 Å². The molecule has 0 aromatic carbocycles. The van der Waals surface area contributed by atoms with Crippen molar-refractivity contribution >= 4 is 11.8 Å². The first-order valence-corrected chi connectivity index (χ1v) is 6.57. The maximum Gasteiger partial charge on any atom is 0.255 e. The summed E-state index contributed by atoms with van der Waals surface area (Å²) in [5.41, 5.74) is 0. The predicted octanol–water partition coefficient (Wildman–Crippen LogP) is 2.69. The van der Waals surface area contributed by atoms with E-state index in [0.717, 1.165) is 11.8 Å². The summed E-state index contributed by atoms with van der Waals surface area (Å²) in [6.45, 7) is 3.22. The van der Waals surface area contributed by atoms with E-state index in [4.69, 9.17) is 4.42 Å². The van der Waals surface area contributed by atoms with Gasteiger partial charge in [-0.05, 0) is 19.4 Å². The molecule has 2 rings (SSSR count). The van der Waals surface area contributed by atoms with Crippen molar-refractivity contribution in [3.63, 3.8) is 0 Å². The van der Waals surface area contributed by atoms with Crippen LogP contribution in [0, 0.1) is 0 Å². The standard InChI is InChI=1S/C11H18N2OS/c1-2-12-9-5-3-4-6-10(9)15-11-13-7-8-14-11/h7-10,12H,2-6H2,1H3. The fourth-order valence-corrected chi connectivity index (χ4v) is 3.30. The molecule has 2 atom stereocenters. The van der Waals surface area contributed by atoms with E-state index in [-0.39, 0.29) is 0 Å². The van der Waals surface area contributed by atoms with E-state index in [2.05, 4.69) is 17.2 Å². The molecule has 15 heavy (non-hydrogen) atoms. The van der Waals surface area contributed by atoms with Gasteiger partial charge in [-0.3, -0.25) is 0 Å². The minimum absolute atomic E-state index is 0.623. The van der Waals surface area contributed by atoms with Crippen LogP contribution in [-0.2, 0) is 0 Å². The molecule has 0 radical (unpaired) electrons. The van der Waals surface area contributed by atoms with Crippen LogP contribution < -0.4 is 5.32 Å². The van der Waals surface area contributed by atoms with Gasteiger partial charge in [-0.2, -0.15) is 0 Å². The van der Waals surface area contributed by atoms with E-state index >= 15 is 0 Å². The number of nitrogens with one attached hydrogen (secondary N) is 1. The van der Waals surface area contributed by atoms with Gasteiger partial charge in [0.15, 0.2) is 0 Å². The minimum Gasteiger partial charge on any atom is -0.440 e. The summed E-state index contributed by atoms with van der Waals surface area (Å²) in [7, 11) is 0. The second-order valence-corrected chi connectivity index (χ2v) is 5.09. The molecule has 1 aromatic heterocycles. The Hall–Kier alpha value is -0.480. The topological polar surface area (TPSA) is 38.1 Å². The highest BCUT2D eigenvalue weighted by Crippen LogP contribution is 2.32. The van der Waals surface area contributed by atoms with Gasteiger partial charge < -0.3 is 9.73 Å². The van der Waals surface area contributed by atoms with E-state index in [9.17, 15) is 0 Å². The van der Waals surface area contributed by atoms with Crippen LogP contribution in [0.4, 0.5) is 0 Å². The molecule has 1 N–H and O–H groups in total. The third kappa shape index (κ3) is 2.98. The smallest absolute Gasteiger partial charge is 0.255 e. The Morgan fingerprint density at radius 3 is 3.13 bits per heavy atom. The summed E-state index contributed by atoms with van der Waals surface area (Å²) in [5, 5.41) is 4.99. The minimum atomic E-state index is 0.623. The summed E-state index contributed by atoms with van der Waals surface area (Å²) >= 11 is 1.78. The van der Waals surface area contributed by atoms with Gasteiger partial charge >= 0.3 is 0 Å². The van der Waals surface area contributed by atoms with Gasteiger partial charge in [0, 0.05) is 11.3 Å². The Kier molecular flexibility index (Phi) is 4.09. The van der Waals surface area contributed by atoms with E-state index in [0.29, 0.717) is 11.3 Å². The van der Waals surface area contributed by atoms with E-state index in [1.54, 1.807) is 24.2 Å². The fraction of sp³-hybridized carbons (Fsp3) is 0.727. The van der Waals surface area contributed by atoms with Gasteiger partial charge in [0.05, 0.1) is 6.20 Å². The molecule has 2 unspecified atom stereocenters. The lowest BCUT2D eigenvalue weighted by molar-refractivity contribution is 0.385. The van der Waals surface area contributed by atoms with Crippen molar-refractivity contribution < 1.29 is 4.42 Å². The summed E-state index contributed by atoms with van der Waals surface area (Å²) in [4.78, 5) is 4.17. The Morgan fingerprint density at radius 1 is 1.53 bits per heavy atom. The monoisotopic (exact) mass is 226 g/mol. The molecule has 1 heterocycles. The van der Waals surface area contributed by atoms with Crippen LogP contribution in [0.25, 0.3) is 0 Å². The van der Waals surface area contributed by atoms with Crippen molar-refractivity contribution in [2.24, 2.45) is 0 Å². The van der Waals surface area contributed by atoms with Crippen LogP contribution in [-0.4, -0.2) is 22.8 Å². The molecule has 0 amide bonds. The average molecular weight is 226 g/mol. The maximum atomic E-state index is 5.29. The van der Waals surface area contributed by atoms with Crippen molar-refractivity contribution in [3.8, 4) is 0 Å². The first-order valence-electron chi connectivity index (χ1n) is 5.69. The van der Waals surface area contributed by atoms with Crippen LogP contribution in [0.3, 0.4) is 0 Å². The van der Waals surface area contributed by atoms with Crippen LogP contribution in [0.5, 0.6) is 0 Å². The van der Waals surface area contributed by atoms with Crippen LogP contribution in [0.15, 0.2) is 22.1 Å². The predicted molar refractivity (Wildman–Crippen MR) is 62.1 cm³/mol. The molecule has 84 valence electrons. The Morgan fingerprint density at radius 2 is 2.40 bits per heavy atom. The first kappa shape index (κ1) is 11.0. The normalized spacial score (nSPS) is 26.7. The average Bonchev–Trinajstić information content (AvgIpc) is 2.74. The van der Waals surface area contributed by atoms with Crippen molar-refractivity contribution in [1.82, 2.24) is 10.3 Å². The third-order valence-corrected chi connectivity index (χ3v) is 4.10. The highest BCUT2D eigenvalue weighted by atomic mass is 32.2. The fourth-order valence-electron chi connectivity index (χ4n) is 2.13. The lowest BCUT2D eigenvalue weighted by Crippen LogP contribution is -2.40. The molecule has 1 fully saturated rings. The Balaban J connectivity index is 1.92. The number of nitrogens with zero attached hydrogens (tertiary/aromatic N) is 1. The molecule has 1 aromatic rings. The second-order valence-electron chi connectivity index (χ2n) is 3.90. The molecule has 0 spiro atoms. The highest BCUT2D eigenvalue weighted by Gasteiger charge is 2.26. The molecule has 1 saturated carbocycles. The molecule has 3 nitrogen and oxygen atoms in total. The van der Waals surface area contributed by atoms with E-state index in [1.807, 2.05) is 0 Å². The van der Waals surface area contributed by atoms with Crippen molar-refractivity contribution in [2.45, 2.75) is 49.1 Å². The van der Waals surface area contributed by atoms with E-state index < -0.39 is 0 Å². The van der Waals surface area contributed by atoms with Gasteiger partial charge in [0.1, 0.15) is 6.26 Å². The van der Waals surface area contributed by atoms with Gasteiger partial charge in [-0.1, -0.05) is 31.5 Å². The lowest BCUT2D eigenvalue weighted by atomic mass is 9.95. The number of hydrogen-bond donors (Lipinski definition) is 1. The van der Waals surface area contributed by atoms with Crippen LogP contribution >= 0.6 is 11.8 Å². The number of hydrogen-bond acceptors (Lipinski definition) is 4. The molecular formula is C11H18N2OS. The highest BCUT2D eigenvalue weighted by molar-refractivity contribution is 7.99. The summed E-state index contributed by atoms with van der Waals surface area (Å²) in [5.74, 6) is 0. The van der Waals surface area contributed by atoms with Gasteiger partial charge in [0.25, 0.3) is 5.22 Å². The number of thioether (sulfide) groups is 1. The van der Waals surface area contributed by atoms with Gasteiger partial charge in [-0.15, -0.1) is 0 Å². The van der Waals surface area contributed by atoms with Crippen LogP contribution in [0.1, 0.15) is 32.6 Å².